The monoisotopic (exact) mass is 384 g/mol. The molecule has 2 atom stereocenters. The molecule has 0 aromatic carbocycles. The van der Waals surface area contributed by atoms with Crippen molar-refractivity contribution in [1.29, 1.82) is 0 Å². The molecule has 3 heterocycles. The van der Waals surface area contributed by atoms with Crippen LogP contribution >= 0.6 is 23.2 Å². The Hall–Kier alpha value is -1.83. The number of aromatic amines is 1. The average Bonchev–Trinajstić information content (AvgIpc) is 2.97. The first-order valence-corrected chi connectivity index (χ1v) is 8.66. The zero-order valence-corrected chi connectivity index (χ0v) is 15.3. The molecule has 134 valence electrons. The molecule has 0 saturated heterocycles. The fourth-order valence-electron chi connectivity index (χ4n) is 2.77. The molecule has 0 spiro atoms. The van der Waals surface area contributed by atoms with E-state index in [9.17, 15) is 4.79 Å². The number of rotatable bonds is 5. The molecule has 0 aliphatic carbocycles. The number of nitrogens with zero attached hydrogens (tertiary/aromatic N) is 2. The van der Waals surface area contributed by atoms with Crippen molar-refractivity contribution in [3.8, 4) is 5.88 Å². The van der Waals surface area contributed by atoms with Crippen LogP contribution in [0.5, 0.6) is 5.88 Å². The Morgan fingerprint density at radius 3 is 3.04 bits per heavy atom. The smallest absolute Gasteiger partial charge is 0.272 e. The standard InChI is InChI=1S/C16H18Cl2N4O3/c1-8-5-11-13(9(2)25-8)21-22-14(11)15(23)19-3-4-24-16-12(18)6-10(17)7-20-16/h6-9H,3-5H2,1-2H3,(H,19,23)(H,21,22)/t8-,9+/m1/s1. The highest BCUT2D eigenvalue weighted by molar-refractivity contribution is 6.35. The Morgan fingerprint density at radius 2 is 2.28 bits per heavy atom. The quantitative estimate of drug-likeness (QED) is 0.773. The summed E-state index contributed by atoms with van der Waals surface area (Å²) < 4.78 is 11.2. The van der Waals surface area contributed by atoms with Crippen molar-refractivity contribution in [2.45, 2.75) is 32.5 Å². The van der Waals surface area contributed by atoms with E-state index in [0.717, 1.165) is 11.3 Å². The fraction of sp³-hybridized carbons (Fsp3) is 0.438. The van der Waals surface area contributed by atoms with Crippen molar-refractivity contribution in [2.24, 2.45) is 0 Å². The maximum Gasteiger partial charge on any atom is 0.272 e. The lowest BCUT2D eigenvalue weighted by Crippen LogP contribution is -2.30. The summed E-state index contributed by atoms with van der Waals surface area (Å²) in [7, 11) is 0. The topological polar surface area (TPSA) is 89.1 Å². The van der Waals surface area contributed by atoms with Crippen LogP contribution < -0.4 is 10.1 Å². The van der Waals surface area contributed by atoms with Gasteiger partial charge in [-0.2, -0.15) is 5.10 Å². The molecule has 1 amide bonds. The third-order valence-corrected chi connectivity index (χ3v) is 4.33. The Balaban J connectivity index is 1.55. The maximum atomic E-state index is 12.4. The molecule has 0 radical (unpaired) electrons. The average molecular weight is 385 g/mol. The van der Waals surface area contributed by atoms with Crippen molar-refractivity contribution in [1.82, 2.24) is 20.5 Å². The molecule has 3 rings (SSSR count). The predicted molar refractivity (Wildman–Crippen MR) is 93.3 cm³/mol. The van der Waals surface area contributed by atoms with Crippen LogP contribution in [0, 0.1) is 0 Å². The number of carbonyl (C=O) groups is 1. The molecule has 2 aromatic heterocycles. The highest BCUT2D eigenvalue weighted by atomic mass is 35.5. The van der Waals surface area contributed by atoms with Gasteiger partial charge in [0.2, 0.25) is 5.88 Å². The van der Waals surface area contributed by atoms with Gasteiger partial charge >= 0.3 is 0 Å². The van der Waals surface area contributed by atoms with Crippen LogP contribution in [0.25, 0.3) is 0 Å². The van der Waals surface area contributed by atoms with E-state index in [-0.39, 0.29) is 30.6 Å². The summed E-state index contributed by atoms with van der Waals surface area (Å²) in [6, 6.07) is 1.55. The van der Waals surface area contributed by atoms with Gasteiger partial charge in [-0.3, -0.25) is 9.89 Å². The van der Waals surface area contributed by atoms with Crippen LogP contribution in [0.2, 0.25) is 10.0 Å². The SMILES string of the molecule is C[C@@H]1Cc2c(C(=O)NCCOc3ncc(Cl)cc3Cl)n[nH]c2[C@H](C)O1. The second-order valence-electron chi connectivity index (χ2n) is 5.80. The lowest BCUT2D eigenvalue weighted by molar-refractivity contribution is -0.00697. The van der Waals surface area contributed by atoms with Crippen molar-refractivity contribution < 1.29 is 14.3 Å². The first-order chi connectivity index (χ1) is 12.0. The molecular formula is C16H18Cl2N4O3. The Labute approximate surface area is 155 Å². The van der Waals surface area contributed by atoms with Gasteiger partial charge in [0.05, 0.1) is 29.5 Å². The molecule has 2 aromatic rings. The van der Waals surface area contributed by atoms with Gasteiger partial charge in [-0.05, 0) is 19.9 Å². The van der Waals surface area contributed by atoms with Gasteiger partial charge in [0.1, 0.15) is 11.6 Å². The minimum atomic E-state index is -0.252. The van der Waals surface area contributed by atoms with E-state index in [4.69, 9.17) is 32.7 Å². The van der Waals surface area contributed by atoms with Crippen LogP contribution in [-0.4, -0.2) is 40.3 Å². The molecule has 0 saturated carbocycles. The normalized spacial score (nSPS) is 19.4. The molecule has 1 aliphatic heterocycles. The first kappa shape index (κ1) is 18.0. The summed E-state index contributed by atoms with van der Waals surface area (Å²) in [6.45, 7) is 4.43. The van der Waals surface area contributed by atoms with Crippen molar-refractivity contribution >= 4 is 29.1 Å². The molecular weight excluding hydrogens is 367 g/mol. The number of hydrogen-bond donors (Lipinski definition) is 2. The lowest BCUT2D eigenvalue weighted by atomic mass is 9.99. The highest BCUT2D eigenvalue weighted by Crippen LogP contribution is 2.30. The van der Waals surface area contributed by atoms with Crippen LogP contribution in [0.15, 0.2) is 12.3 Å². The summed E-state index contributed by atoms with van der Waals surface area (Å²) in [4.78, 5) is 16.4. The van der Waals surface area contributed by atoms with E-state index in [1.165, 1.54) is 6.20 Å². The van der Waals surface area contributed by atoms with Crippen molar-refractivity contribution in [2.75, 3.05) is 13.2 Å². The molecule has 0 fully saturated rings. The van der Waals surface area contributed by atoms with Crippen molar-refractivity contribution in [3.05, 3.63) is 39.3 Å². The number of hydrogen-bond acceptors (Lipinski definition) is 5. The molecule has 0 bridgehead atoms. The number of aromatic nitrogens is 3. The third-order valence-electron chi connectivity index (χ3n) is 3.85. The van der Waals surface area contributed by atoms with Crippen LogP contribution in [0.4, 0.5) is 0 Å². The van der Waals surface area contributed by atoms with Crippen LogP contribution in [0.3, 0.4) is 0 Å². The molecule has 1 aliphatic rings. The largest absolute Gasteiger partial charge is 0.475 e. The van der Waals surface area contributed by atoms with E-state index in [2.05, 4.69) is 20.5 Å². The van der Waals surface area contributed by atoms with Gasteiger partial charge in [-0.15, -0.1) is 0 Å². The number of nitrogens with one attached hydrogen (secondary N) is 2. The zero-order valence-electron chi connectivity index (χ0n) is 13.8. The number of amides is 1. The van der Waals surface area contributed by atoms with E-state index in [1.807, 2.05) is 13.8 Å². The fourth-order valence-corrected chi connectivity index (χ4v) is 3.20. The second kappa shape index (κ2) is 7.59. The summed E-state index contributed by atoms with van der Waals surface area (Å²) in [6.07, 6.45) is 2.05. The van der Waals surface area contributed by atoms with Gasteiger partial charge in [-0.1, -0.05) is 23.2 Å². The van der Waals surface area contributed by atoms with Gasteiger partial charge in [0, 0.05) is 18.2 Å². The van der Waals surface area contributed by atoms with E-state index < -0.39 is 0 Å². The summed E-state index contributed by atoms with van der Waals surface area (Å²) in [5, 5.41) is 10.6. The second-order valence-corrected chi connectivity index (χ2v) is 6.65. The van der Waals surface area contributed by atoms with Gasteiger partial charge < -0.3 is 14.8 Å². The number of pyridine rings is 1. The van der Waals surface area contributed by atoms with Crippen LogP contribution in [0.1, 0.15) is 41.7 Å². The van der Waals surface area contributed by atoms with Gasteiger partial charge in [0.15, 0.2) is 5.69 Å². The lowest BCUT2D eigenvalue weighted by Gasteiger charge is -2.25. The molecule has 9 heteroatoms. The Morgan fingerprint density at radius 1 is 1.48 bits per heavy atom. The van der Waals surface area contributed by atoms with Gasteiger partial charge in [0.25, 0.3) is 5.91 Å². The summed E-state index contributed by atoms with van der Waals surface area (Å²) >= 11 is 11.8. The molecule has 7 nitrogen and oxygen atoms in total. The number of ether oxygens (including phenoxy) is 2. The number of fused-ring (bicyclic) bond motifs is 1. The number of H-pyrrole nitrogens is 1. The Bertz CT molecular complexity index is 781. The van der Waals surface area contributed by atoms with E-state index >= 15 is 0 Å². The predicted octanol–water partition coefficient (Wildman–Crippen LogP) is 2.94. The number of halogens is 2. The molecule has 0 unspecified atom stereocenters. The molecule has 2 N–H and O–H groups in total. The van der Waals surface area contributed by atoms with E-state index in [0.29, 0.717) is 28.7 Å². The Kier molecular flexibility index (Phi) is 5.46. The third kappa shape index (κ3) is 4.05. The number of carbonyl (C=O) groups excluding carboxylic acids is 1. The van der Waals surface area contributed by atoms with Crippen LogP contribution in [-0.2, 0) is 11.2 Å². The van der Waals surface area contributed by atoms with Crippen molar-refractivity contribution in [3.63, 3.8) is 0 Å². The minimum Gasteiger partial charge on any atom is -0.475 e. The van der Waals surface area contributed by atoms with E-state index in [1.54, 1.807) is 6.07 Å². The maximum absolute atomic E-state index is 12.4. The highest BCUT2D eigenvalue weighted by Gasteiger charge is 2.29. The first-order valence-electron chi connectivity index (χ1n) is 7.90. The zero-order chi connectivity index (χ0) is 18.0. The summed E-state index contributed by atoms with van der Waals surface area (Å²) in [5.74, 6) is 0.0230. The molecule has 25 heavy (non-hydrogen) atoms. The van der Waals surface area contributed by atoms with Gasteiger partial charge in [-0.25, -0.2) is 4.98 Å². The summed E-state index contributed by atoms with van der Waals surface area (Å²) in [5.41, 5.74) is 2.17. The minimum absolute atomic E-state index is 0.0492.